The number of hydrogen-bond acceptors (Lipinski definition) is 6. The number of hydrogen-bond donors (Lipinski definition) is 1. The van der Waals surface area contributed by atoms with Crippen molar-refractivity contribution in [3.63, 3.8) is 0 Å². The van der Waals surface area contributed by atoms with Crippen LogP contribution in [0.5, 0.6) is 28.7 Å². The second kappa shape index (κ2) is 12.0. The van der Waals surface area contributed by atoms with Gasteiger partial charge in [0.05, 0.1) is 41.2 Å². The highest BCUT2D eigenvalue weighted by molar-refractivity contribution is 7.80. The molecule has 0 aliphatic rings. The molecule has 0 saturated carbocycles. The maximum absolute atomic E-state index is 5.83. The van der Waals surface area contributed by atoms with E-state index in [0.717, 1.165) is 22.6 Å². The summed E-state index contributed by atoms with van der Waals surface area (Å²) in [6.07, 6.45) is 0. The second-order valence-electron chi connectivity index (χ2n) is 7.39. The molecular formula is C26H30N2O5S. The van der Waals surface area contributed by atoms with Gasteiger partial charge in [0.25, 0.3) is 0 Å². The lowest BCUT2D eigenvalue weighted by Gasteiger charge is -2.27. The predicted molar refractivity (Wildman–Crippen MR) is 138 cm³/mol. The molecule has 34 heavy (non-hydrogen) atoms. The SMILES string of the molecule is COc1ccc(CN(Cc2ccc(OC)c(OC)c2)C(=S)Nc2ccc(OC)cc2OC)cc1. The molecule has 180 valence electrons. The summed E-state index contributed by atoms with van der Waals surface area (Å²) in [5.74, 6) is 3.49. The molecule has 0 radical (unpaired) electrons. The van der Waals surface area contributed by atoms with Gasteiger partial charge in [-0.05, 0) is 59.7 Å². The number of nitrogens with zero attached hydrogens (tertiary/aromatic N) is 1. The number of ether oxygens (including phenoxy) is 5. The van der Waals surface area contributed by atoms with Gasteiger partial charge in [-0.25, -0.2) is 0 Å². The molecule has 0 heterocycles. The maximum Gasteiger partial charge on any atom is 0.174 e. The molecule has 0 saturated heterocycles. The van der Waals surface area contributed by atoms with Gasteiger partial charge in [-0.3, -0.25) is 0 Å². The Labute approximate surface area is 206 Å². The van der Waals surface area contributed by atoms with E-state index in [1.165, 1.54) is 0 Å². The first-order valence-corrected chi connectivity index (χ1v) is 11.0. The largest absolute Gasteiger partial charge is 0.497 e. The molecule has 3 aromatic rings. The summed E-state index contributed by atoms with van der Waals surface area (Å²) in [6.45, 7) is 1.14. The molecule has 1 N–H and O–H groups in total. The normalized spacial score (nSPS) is 10.3. The molecule has 0 unspecified atom stereocenters. The summed E-state index contributed by atoms with van der Waals surface area (Å²) >= 11 is 5.83. The molecule has 8 heteroatoms. The summed E-state index contributed by atoms with van der Waals surface area (Å²) in [7, 11) is 8.13. The number of thiocarbonyl (C=S) groups is 1. The van der Waals surface area contributed by atoms with E-state index in [9.17, 15) is 0 Å². The standard InChI is InChI=1S/C26H30N2O5S/c1-29-20-9-6-18(7-10-20)16-28(17-19-8-13-23(31-3)25(14-19)33-5)26(34)27-22-12-11-21(30-2)15-24(22)32-4/h6-15H,16-17H2,1-5H3,(H,27,34). The van der Waals surface area contributed by atoms with Gasteiger partial charge < -0.3 is 33.9 Å². The Morgan fingerprint density at radius 2 is 1.24 bits per heavy atom. The van der Waals surface area contributed by atoms with Gasteiger partial charge >= 0.3 is 0 Å². The highest BCUT2D eigenvalue weighted by Crippen LogP contribution is 2.31. The predicted octanol–water partition coefficient (Wildman–Crippen LogP) is 5.13. The summed E-state index contributed by atoms with van der Waals surface area (Å²) in [5.41, 5.74) is 2.87. The van der Waals surface area contributed by atoms with Crippen molar-refractivity contribution in [2.45, 2.75) is 13.1 Å². The smallest absolute Gasteiger partial charge is 0.174 e. The highest BCUT2D eigenvalue weighted by Gasteiger charge is 2.16. The summed E-state index contributed by atoms with van der Waals surface area (Å²) in [4.78, 5) is 2.07. The van der Waals surface area contributed by atoms with E-state index in [-0.39, 0.29) is 0 Å². The molecule has 0 spiro atoms. The van der Waals surface area contributed by atoms with Crippen LogP contribution in [0.4, 0.5) is 5.69 Å². The molecule has 0 fully saturated rings. The van der Waals surface area contributed by atoms with Crippen LogP contribution in [-0.4, -0.2) is 45.6 Å². The lowest BCUT2D eigenvalue weighted by molar-refractivity contribution is 0.352. The Kier molecular flexibility index (Phi) is 8.81. The number of benzene rings is 3. The van der Waals surface area contributed by atoms with E-state index in [2.05, 4.69) is 10.2 Å². The molecule has 0 aliphatic heterocycles. The van der Waals surface area contributed by atoms with Crippen molar-refractivity contribution in [1.29, 1.82) is 0 Å². The van der Waals surface area contributed by atoms with Crippen LogP contribution in [0.25, 0.3) is 0 Å². The van der Waals surface area contributed by atoms with Gasteiger partial charge in [0, 0.05) is 19.2 Å². The lowest BCUT2D eigenvalue weighted by Crippen LogP contribution is -2.34. The van der Waals surface area contributed by atoms with E-state index >= 15 is 0 Å². The van der Waals surface area contributed by atoms with E-state index in [1.54, 1.807) is 35.5 Å². The van der Waals surface area contributed by atoms with Crippen molar-refractivity contribution in [2.24, 2.45) is 0 Å². The van der Waals surface area contributed by atoms with Gasteiger partial charge in [0.1, 0.15) is 17.2 Å². The van der Waals surface area contributed by atoms with E-state index in [1.807, 2.05) is 60.7 Å². The summed E-state index contributed by atoms with van der Waals surface area (Å²) in [6, 6.07) is 19.3. The molecule has 0 atom stereocenters. The fourth-order valence-electron chi connectivity index (χ4n) is 3.45. The van der Waals surface area contributed by atoms with Crippen molar-refractivity contribution in [3.8, 4) is 28.7 Å². The quantitative estimate of drug-likeness (QED) is 0.399. The van der Waals surface area contributed by atoms with Gasteiger partial charge in [0.15, 0.2) is 16.6 Å². The fraction of sp³-hybridized carbons (Fsp3) is 0.269. The van der Waals surface area contributed by atoms with E-state index < -0.39 is 0 Å². The average molecular weight is 483 g/mol. The Balaban J connectivity index is 1.88. The Hall–Kier alpha value is -3.65. The van der Waals surface area contributed by atoms with Crippen LogP contribution in [0.3, 0.4) is 0 Å². The third kappa shape index (κ3) is 6.23. The van der Waals surface area contributed by atoms with Crippen LogP contribution in [0.1, 0.15) is 11.1 Å². The number of anilines is 1. The van der Waals surface area contributed by atoms with Crippen LogP contribution in [-0.2, 0) is 13.1 Å². The zero-order chi connectivity index (χ0) is 24.5. The first kappa shape index (κ1) is 25.0. The molecular weight excluding hydrogens is 452 g/mol. The Bertz CT molecular complexity index is 1100. The van der Waals surface area contributed by atoms with Crippen LogP contribution in [0.15, 0.2) is 60.7 Å². The minimum atomic E-state index is 0.550. The first-order valence-electron chi connectivity index (χ1n) is 10.6. The minimum Gasteiger partial charge on any atom is -0.497 e. The molecule has 3 aromatic carbocycles. The lowest BCUT2D eigenvalue weighted by atomic mass is 10.1. The van der Waals surface area contributed by atoms with E-state index in [0.29, 0.717) is 41.2 Å². The number of rotatable bonds is 10. The second-order valence-corrected chi connectivity index (χ2v) is 7.78. The van der Waals surface area contributed by atoms with Crippen molar-refractivity contribution in [2.75, 3.05) is 40.9 Å². The molecule has 0 aliphatic carbocycles. The van der Waals surface area contributed by atoms with Crippen LogP contribution in [0.2, 0.25) is 0 Å². The third-order valence-corrected chi connectivity index (χ3v) is 5.65. The molecule has 7 nitrogen and oxygen atoms in total. The van der Waals surface area contributed by atoms with Crippen molar-refractivity contribution in [3.05, 3.63) is 71.8 Å². The first-order chi connectivity index (χ1) is 16.5. The number of methoxy groups -OCH3 is 5. The summed E-state index contributed by atoms with van der Waals surface area (Å²) < 4.78 is 27.0. The average Bonchev–Trinajstić information content (AvgIpc) is 2.88. The molecule has 3 rings (SSSR count). The van der Waals surface area contributed by atoms with Crippen LogP contribution < -0.4 is 29.0 Å². The minimum absolute atomic E-state index is 0.550. The van der Waals surface area contributed by atoms with Crippen molar-refractivity contribution >= 4 is 23.0 Å². The Morgan fingerprint density at radius 3 is 1.85 bits per heavy atom. The summed E-state index contributed by atoms with van der Waals surface area (Å²) in [5, 5.41) is 3.87. The maximum atomic E-state index is 5.83. The fourth-order valence-corrected chi connectivity index (χ4v) is 3.69. The van der Waals surface area contributed by atoms with Crippen LogP contribution in [0, 0.1) is 0 Å². The molecule has 0 bridgehead atoms. The van der Waals surface area contributed by atoms with Gasteiger partial charge in [-0.15, -0.1) is 0 Å². The monoisotopic (exact) mass is 482 g/mol. The number of nitrogens with one attached hydrogen (secondary N) is 1. The van der Waals surface area contributed by atoms with Gasteiger partial charge in [-0.2, -0.15) is 0 Å². The zero-order valence-electron chi connectivity index (χ0n) is 20.1. The highest BCUT2D eigenvalue weighted by atomic mass is 32.1. The topological polar surface area (TPSA) is 61.4 Å². The Morgan fingerprint density at radius 1 is 0.647 bits per heavy atom. The zero-order valence-corrected chi connectivity index (χ0v) is 20.9. The van der Waals surface area contributed by atoms with Gasteiger partial charge in [0.2, 0.25) is 0 Å². The van der Waals surface area contributed by atoms with E-state index in [4.69, 9.17) is 35.9 Å². The molecule has 0 aromatic heterocycles. The van der Waals surface area contributed by atoms with Crippen molar-refractivity contribution < 1.29 is 23.7 Å². The third-order valence-electron chi connectivity index (χ3n) is 5.29. The van der Waals surface area contributed by atoms with Crippen LogP contribution >= 0.6 is 12.2 Å². The van der Waals surface area contributed by atoms with Crippen molar-refractivity contribution in [1.82, 2.24) is 4.90 Å². The molecule has 0 amide bonds. The van der Waals surface area contributed by atoms with Gasteiger partial charge in [-0.1, -0.05) is 18.2 Å².